The van der Waals surface area contributed by atoms with Crippen molar-refractivity contribution in [3.63, 3.8) is 0 Å². The molecule has 0 bridgehead atoms. The number of hydrogen-bond acceptors (Lipinski definition) is 1. The minimum absolute atomic E-state index is 0.323. The van der Waals surface area contributed by atoms with E-state index < -0.39 is 0 Å². The molecule has 2 unspecified atom stereocenters. The number of rotatable bonds is 10. The van der Waals surface area contributed by atoms with Crippen LogP contribution in [-0.2, 0) is 4.79 Å². The molecule has 0 radical (unpaired) electrons. The number of unbranched alkanes of at least 4 members (excludes halogenated alkanes) is 5. The Kier molecular flexibility index (Phi) is 8.11. The van der Waals surface area contributed by atoms with E-state index in [4.69, 9.17) is 0 Å². The SMILES string of the molecule is CCCCCCC(CCCCC)C1CCNC1=O. The lowest BCUT2D eigenvalue weighted by Gasteiger charge is -2.21. The molecular formula is C16H31NO. The lowest BCUT2D eigenvalue weighted by atomic mass is 9.82. The summed E-state index contributed by atoms with van der Waals surface area (Å²) in [5.41, 5.74) is 0. The third-order valence-electron chi connectivity index (χ3n) is 4.27. The molecule has 1 aliphatic rings. The van der Waals surface area contributed by atoms with Gasteiger partial charge >= 0.3 is 0 Å². The van der Waals surface area contributed by atoms with Crippen molar-refractivity contribution in [2.75, 3.05) is 6.54 Å². The maximum Gasteiger partial charge on any atom is 0.223 e. The van der Waals surface area contributed by atoms with Crippen molar-refractivity contribution in [3.8, 4) is 0 Å². The van der Waals surface area contributed by atoms with Crippen molar-refractivity contribution in [3.05, 3.63) is 0 Å². The monoisotopic (exact) mass is 253 g/mol. The molecule has 1 N–H and O–H groups in total. The van der Waals surface area contributed by atoms with E-state index in [1.807, 2.05) is 0 Å². The van der Waals surface area contributed by atoms with Crippen molar-refractivity contribution in [1.29, 1.82) is 0 Å². The summed E-state index contributed by atoms with van der Waals surface area (Å²) < 4.78 is 0. The Morgan fingerprint density at radius 3 is 2.22 bits per heavy atom. The van der Waals surface area contributed by atoms with Gasteiger partial charge in [-0.15, -0.1) is 0 Å². The van der Waals surface area contributed by atoms with Gasteiger partial charge in [-0.25, -0.2) is 0 Å². The molecule has 1 saturated heterocycles. The minimum Gasteiger partial charge on any atom is -0.356 e. The second-order valence-corrected chi connectivity index (χ2v) is 5.79. The molecule has 0 saturated carbocycles. The average Bonchev–Trinajstić information content (AvgIpc) is 2.79. The van der Waals surface area contributed by atoms with Crippen LogP contribution >= 0.6 is 0 Å². The van der Waals surface area contributed by atoms with Gasteiger partial charge in [0.05, 0.1) is 0 Å². The summed E-state index contributed by atoms with van der Waals surface area (Å²) in [5.74, 6) is 1.30. The van der Waals surface area contributed by atoms with Gasteiger partial charge in [-0.05, 0) is 25.2 Å². The number of hydrogen-bond donors (Lipinski definition) is 1. The molecule has 2 atom stereocenters. The molecule has 1 fully saturated rings. The fourth-order valence-electron chi connectivity index (χ4n) is 3.10. The zero-order valence-electron chi connectivity index (χ0n) is 12.3. The first-order chi connectivity index (χ1) is 8.79. The van der Waals surface area contributed by atoms with Gasteiger partial charge in [0.2, 0.25) is 5.91 Å². The fraction of sp³-hybridized carbons (Fsp3) is 0.938. The van der Waals surface area contributed by atoms with E-state index in [2.05, 4.69) is 19.2 Å². The summed E-state index contributed by atoms with van der Waals surface area (Å²) >= 11 is 0. The van der Waals surface area contributed by atoms with Crippen LogP contribution in [0.25, 0.3) is 0 Å². The Morgan fingerprint density at radius 2 is 1.67 bits per heavy atom. The number of carbonyl (C=O) groups excluding carboxylic acids is 1. The fourth-order valence-corrected chi connectivity index (χ4v) is 3.10. The van der Waals surface area contributed by atoms with Gasteiger partial charge in [0.25, 0.3) is 0 Å². The van der Waals surface area contributed by atoms with E-state index in [9.17, 15) is 4.79 Å². The third-order valence-corrected chi connectivity index (χ3v) is 4.27. The van der Waals surface area contributed by atoms with Gasteiger partial charge in [0, 0.05) is 12.5 Å². The zero-order valence-corrected chi connectivity index (χ0v) is 12.3. The Balaban J connectivity index is 2.33. The molecule has 0 aromatic rings. The summed E-state index contributed by atoms with van der Waals surface area (Å²) in [6.07, 6.45) is 12.8. The highest BCUT2D eigenvalue weighted by Crippen LogP contribution is 2.30. The Labute approximate surface area is 113 Å². The van der Waals surface area contributed by atoms with Crippen molar-refractivity contribution in [1.82, 2.24) is 5.32 Å². The van der Waals surface area contributed by atoms with Crippen molar-refractivity contribution in [2.24, 2.45) is 11.8 Å². The molecule has 1 rings (SSSR count). The number of amides is 1. The normalized spacial score (nSPS) is 21.0. The van der Waals surface area contributed by atoms with Crippen LogP contribution in [0.5, 0.6) is 0 Å². The highest BCUT2D eigenvalue weighted by molar-refractivity contribution is 5.80. The van der Waals surface area contributed by atoms with Crippen LogP contribution in [0, 0.1) is 11.8 Å². The van der Waals surface area contributed by atoms with Crippen molar-refractivity contribution in [2.45, 2.75) is 78.1 Å². The van der Waals surface area contributed by atoms with Gasteiger partial charge in [-0.1, -0.05) is 58.8 Å². The largest absolute Gasteiger partial charge is 0.356 e. The van der Waals surface area contributed by atoms with Crippen LogP contribution in [0.4, 0.5) is 0 Å². The van der Waals surface area contributed by atoms with Crippen LogP contribution in [0.1, 0.15) is 78.1 Å². The third kappa shape index (κ3) is 5.41. The van der Waals surface area contributed by atoms with Gasteiger partial charge < -0.3 is 5.32 Å². The van der Waals surface area contributed by atoms with Crippen LogP contribution in [0.3, 0.4) is 0 Å². The molecule has 2 nitrogen and oxygen atoms in total. The second kappa shape index (κ2) is 9.41. The van der Waals surface area contributed by atoms with Crippen LogP contribution in [0.2, 0.25) is 0 Å². The first kappa shape index (κ1) is 15.5. The molecule has 0 spiro atoms. The highest BCUT2D eigenvalue weighted by atomic mass is 16.2. The second-order valence-electron chi connectivity index (χ2n) is 5.79. The van der Waals surface area contributed by atoms with E-state index in [1.165, 1.54) is 57.8 Å². The molecule has 1 aliphatic heterocycles. The summed E-state index contributed by atoms with van der Waals surface area (Å²) in [7, 11) is 0. The maximum absolute atomic E-state index is 11.8. The average molecular weight is 253 g/mol. The Hall–Kier alpha value is -0.530. The number of carbonyl (C=O) groups is 1. The Bertz CT molecular complexity index is 227. The lowest BCUT2D eigenvalue weighted by molar-refractivity contribution is -0.124. The first-order valence-corrected chi connectivity index (χ1v) is 8.07. The van der Waals surface area contributed by atoms with Gasteiger partial charge in [0.1, 0.15) is 0 Å². The molecule has 0 aromatic carbocycles. The smallest absolute Gasteiger partial charge is 0.223 e. The van der Waals surface area contributed by atoms with E-state index in [-0.39, 0.29) is 0 Å². The summed E-state index contributed by atoms with van der Waals surface area (Å²) in [4.78, 5) is 11.8. The van der Waals surface area contributed by atoms with Crippen molar-refractivity contribution < 1.29 is 4.79 Å². The van der Waals surface area contributed by atoms with E-state index in [0.717, 1.165) is 13.0 Å². The first-order valence-electron chi connectivity index (χ1n) is 8.07. The molecule has 18 heavy (non-hydrogen) atoms. The Morgan fingerprint density at radius 1 is 1.06 bits per heavy atom. The van der Waals surface area contributed by atoms with Crippen LogP contribution < -0.4 is 5.32 Å². The lowest BCUT2D eigenvalue weighted by Crippen LogP contribution is -2.25. The summed E-state index contributed by atoms with van der Waals surface area (Å²) in [5, 5.41) is 3.00. The standard InChI is InChI=1S/C16H31NO/c1-3-5-7-9-11-14(10-8-6-4-2)15-12-13-17-16(15)18/h14-15H,3-13H2,1-2H3,(H,17,18). The van der Waals surface area contributed by atoms with Gasteiger partial charge in [-0.3, -0.25) is 4.79 Å². The summed E-state index contributed by atoms with van der Waals surface area (Å²) in [6.45, 7) is 5.41. The number of nitrogens with one attached hydrogen (secondary N) is 1. The minimum atomic E-state index is 0.323. The molecule has 2 heteroatoms. The summed E-state index contributed by atoms with van der Waals surface area (Å²) in [6, 6.07) is 0. The van der Waals surface area contributed by atoms with Gasteiger partial charge in [0.15, 0.2) is 0 Å². The topological polar surface area (TPSA) is 29.1 Å². The molecule has 1 heterocycles. The van der Waals surface area contributed by atoms with Crippen LogP contribution in [0.15, 0.2) is 0 Å². The van der Waals surface area contributed by atoms with Gasteiger partial charge in [-0.2, -0.15) is 0 Å². The maximum atomic E-state index is 11.8. The quantitative estimate of drug-likeness (QED) is 0.578. The van der Waals surface area contributed by atoms with Crippen molar-refractivity contribution >= 4 is 5.91 Å². The predicted octanol–water partition coefficient (Wildman–Crippen LogP) is 4.29. The molecule has 1 amide bonds. The predicted molar refractivity (Wildman–Crippen MR) is 77.5 cm³/mol. The van der Waals surface area contributed by atoms with E-state index in [1.54, 1.807) is 0 Å². The van der Waals surface area contributed by atoms with Crippen LogP contribution in [-0.4, -0.2) is 12.5 Å². The van der Waals surface area contributed by atoms with E-state index >= 15 is 0 Å². The molecule has 0 aromatic heterocycles. The molecule has 106 valence electrons. The zero-order chi connectivity index (χ0) is 13.2. The van der Waals surface area contributed by atoms with E-state index in [0.29, 0.717) is 17.7 Å². The highest BCUT2D eigenvalue weighted by Gasteiger charge is 2.31. The molecular weight excluding hydrogens is 222 g/mol. The molecule has 0 aliphatic carbocycles.